The number of anilines is 1. The number of benzene rings is 1. The topological polar surface area (TPSA) is 97.1 Å². The van der Waals surface area contributed by atoms with Crippen LogP contribution in [0.15, 0.2) is 36.5 Å². The predicted octanol–water partition coefficient (Wildman–Crippen LogP) is 1.10. The molecule has 1 atom stereocenters. The first kappa shape index (κ1) is 13.7. The molecular weight excluding hydrogens is 260 g/mol. The summed E-state index contributed by atoms with van der Waals surface area (Å²) in [7, 11) is 0. The Bertz CT molecular complexity index is 609. The molecule has 0 saturated heterocycles. The maximum Gasteiger partial charge on any atom is 0.309 e. The maximum absolute atomic E-state index is 12.0. The zero-order valence-corrected chi connectivity index (χ0v) is 10.9. The van der Waals surface area contributed by atoms with Crippen LogP contribution >= 0.6 is 0 Å². The van der Waals surface area contributed by atoms with Crippen molar-refractivity contribution in [3.05, 3.63) is 42.2 Å². The summed E-state index contributed by atoms with van der Waals surface area (Å²) >= 11 is 0. The van der Waals surface area contributed by atoms with E-state index >= 15 is 0 Å². The third kappa shape index (κ3) is 3.41. The van der Waals surface area contributed by atoms with Gasteiger partial charge in [-0.2, -0.15) is 0 Å². The van der Waals surface area contributed by atoms with Crippen LogP contribution in [-0.4, -0.2) is 32.0 Å². The third-order valence-corrected chi connectivity index (χ3v) is 2.71. The lowest BCUT2D eigenvalue weighted by Gasteiger charge is -2.11. The highest BCUT2D eigenvalue weighted by atomic mass is 16.4. The van der Waals surface area contributed by atoms with Crippen LogP contribution in [0.25, 0.3) is 0 Å². The molecule has 1 heterocycles. The molecule has 0 aliphatic heterocycles. The molecule has 2 rings (SSSR count). The Morgan fingerprint density at radius 2 is 2.05 bits per heavy atom. The van der Waals surface area contributed by atoms with Gasteiger partial charge in [-0.3, -0.25) is 9.59 Å². The Labute approximate surface area is 115 Å². The number of carbonyl (C=O) groups excluding carboxylic acids is 1. The summed E-state index contributed by atoms with van der Waals surface area (Å²) in [5, 5.41) is 18.9. The predicted molar refractivity (Wildman–Crippen MR) is 71.1 cm³/mol. The van der Waals surface area contributed by atoms with Crippen LogP contribution in [0.4, 0.5) is 5.69 Å². The van der Waals surface area contributed by atoms with Gasteiger partial charge in [0.05, 0.1) is 12.1 Å². The van der Waals surface area contributed by atoms with E-state index in [1.807, 2.05) is 18.2 Å². The molecule has 0 saturated carbocycles. The van der Waals surface area contributed by atoms with Crippen LogP contribution < -0.4 is 5.32 Å². The zero-order valence-electron chi connectivity index (χ0n) is 10.9. The highest BCUT2D eigenvalue weighted by molar-refractivity contribution is 5.93. The summed E-state index contributed by atoms with van der Waals surface area (Å²) in [6.07, 6.45) is 1.25. The Hall–Kier alpha value is -2.70. The fraction of sp³-hybridized carbons (Fsp3) is 0.231. The molecule has 20 heavy (non-hydrogen) atoms. The average molecular weight is 274 g/mol. The largest absolute Gasteiger partial charge is 0.481 e. The van der Waals surface area contributed by atoms with E-state index in [2.05, 4.69) is 15.6 Å². The number of aromatic nitrogens is 3. The standard InChI is InChI=1S/C13H14N4O3/c1-9(13(20)14-10-5-3-2-4-6-10)17-8-11(15-16-17)7-12(18)19/h2-6,8-9H,7H2,1H3,(H,14,20)(H,18,19). The highest BCUT2D eigenvalue weighted by Crippen LogP contribution is 2.11. The molecular formula is C13H14N4O3. The van der Waals surface area contributed by atoms with Gasteiger partial charge in [0.25, 0.3) is 0 Å². The van der Waals surface area contributed by atoms with Crippen LogP contribution in [0.3, 0.4) is 0 Å². The monoisotopic (exact) mass is 274 g/mol. The molecule has 0 fully saturated rings. The van der Waals surface area contributed by atoms with Gasteiger partial charge in [0, 0.05) is 11.9 Å². The van der Waals surface area contributed by atoms with Gasteiger partial charge in [-0.15, -0.1) is 5.10 Å². The molecule has 0 aliphatic rings. The first-order valence-corrected chi connectivity index (χ1v) is 6.04. The van der Waals surface area contributed by atoms with Gasteiger partial charge in [-0.25, -0.2) is 4.68 Å². The fourth-order valence-electron chi connectivity index (χ4n) is 1.63. The SMILES string of the molecule is CC(C(=O)Nc1ccccc1)n1cc(CC(=O)O)nn1. The summed E-state index contributed by atoms with van der Waals surface area (Å²) in [6, 6.07) is 8.48. The highest BCUT2D eigenvalue weighted by Gasteiger charge is 2.17. The van der Waals surface area contributed by atoms with Crippen molar-refractivity contribution in [3.63, 3.8) is 0 Å². The number of hydrogen-bond donors (Lipinski definition) is 2. The van der Waals surface area contributed by atoms with Crippen molar-refractivity contribution in [2.24, 2.45) is 0 Å². The number of hydrogen-bond acceptors (Lipinski definition) is 4. The Balaban J connectivity index is 2.03. The molecule has 7 heteroatoms. The molecule has 7 nitrogen and oxygen atoms in total. The Kier molecular flexibility index (Phi) is 4.09. The van der Waals surface area contributed by atoms with Crippen LogP contribution in [0, 0.1) is 0 Å². The van der Waals surface area contributed by atoms with E-state index in [4.69, 9.17) is 5.11 Å². The lowest BCUT2D eigenvalue weighted by atomic mass is 10.2. The van der Waals surface area contributed by atoms with Gasteiger partial charge in [-0.05, 0) is 19.1 Å². The van der Waals surface area contributed by atoms with Gasteiger partial charge < -0.3 is 10.4 Å². The molecule has 2 N–H and O–H groups in total. The van der Waals surface area contributed by atoms with E-state index in [1.165, 1.54) is 10.9 Å². The minimum absolute atomic E-state index is 0.215. The summed E-state index contributed by atoms with van der Waals surface area (Å²) < 4.78 is 1.34. The lowest BCUT2D eigenvalue weighted by molar-refractivity contribution is -0.136. The molecule has 0 bridgehead atoms. The zero-order chi connectivity index (χ0) is 14.5. The van der Waals surface area contributed by atoms with Gasteiger partial charge in [0.2, 0.25) is 5.91 Å². The van der Waals surface area contributed by atoms with Crippen LogP contribution in [0.2, 0.25) is 0 Å². The summed E-state index contributed by atoms with van der Waals surface area (Å²) in [5.41, 5.74) is 1.01. The fourth-order valence-corrected chi connectivity index (χ4v) is 1.63. The van der Waals surface area contributed by atoms with Gasteiger partial charge in [0.15, 0.2) is 0 Å². The van der Waals surface area contributed by atoms with Crippen LogP contribution in [0.1, 0.15) is 18.7 Å². The quantitative estimate of drug-likeness (QED) is 0.851. The molecule has 104 valence electrons. The second-order valence-corrected chi connectivity index (χ2v) is 4.29. The van der Waals surface area contributed by atoms with Crippen molar-refractivity contribution in [3.8, 4) is 0 Å². The molecule has 0 aliphatic carbocycles. The van der Waals surface area contributed by atoms with Gasteiger partial charge >= 0.3 is 5.97 Å². The molecule has 2 aromatic rings. The lowest BCUT2D eigenvalue weighted by Crippen LogP contribution is -2.24. The van der Waals surface area contributed by atoms with Crippen molar-refractivity contribution in [2.45, 2.75) is 19.4 Å². The molecule has 0 spiro atoms. The van der Waals surface area contributed by atoms with Crippen molar-refractivity contribution >= 4 is 17.6 Å². The van der Waals surface area contributed by atoms with Gasteiger partial charge in [-0.1, -0.05) is 23.4 Å². The number of para-hydroxylation sites is 1. The number of rotatable bonds is 5. The second kappa shape index (κ2) is 5.96. The third-order valence-electron chi connectivity index (χ3n) is 2.71. The maximum atomic E-state index is 12.0. The van der Waals surface area contributed by atoms with E-state index in [0.717, 1.165) is 0 Å². The van der Waals surface area contributed by atoms with E-state index < -0.39 is 12.0 Å². The molecule has 0 radical (unpaired) electrons. The number of carbonyl (C=O) groups is 2. The molecule has 1 aromatic carbocycles. The number of carboxylic acid groups (broad SMARTS) is 1. The number of nitrogens with one attached hydrogen (secondary N) is 1. The number of amides is 1. The molecule has 1 amide bonds. The molecule has 1 aromatic heterocycles. The number of nitrogens with zero attached hydrogens (tertiary/aromatic N) is 3. The smallest absolute Gasteiger partial charge is 0.309 e. The summed E-state index contributed by atoms with van der Waals surface area (Å²) in [4.78, 5) is 22.6. The summed E-state index contributed by atoms with van der Waals surface area (Å²) in [5.74, 6) is -1.23. The number of aliphatic carboxylic acids is 1. The van der Waals surface area contributed by atoms with Crippen molar-refractivity contribution in [1.29, 1.82) is 0 Å². The van der Waals surface area contributed by atoms with E-state index in [-0.39, 0.29) is 12.3 Å². The number of carboxylic acids is 1. The minimum Gasteiger partial charge on any atom is -0.481 e. The van der Waals surface area contributed by atoms with Crippen LogP contribution in [-0.2, 0) is 16.0 Å². The van der Waals surface area contributed by atoms with E-state index in [9.17, 15) is 9.59 Å². The van der Waals surface area contributed by atoms with Crippen molar-refractivity contribution < 1.29 is 14.7 Å². The first-order chi connectivity index (χ1) is 9.56. The molecule has 1 unspecified atom stereocenters. The van der Waals surface area contributed by atoms with Crippen LogP contribution in [0.5, 0.6) is 0 Å². The first-order valence-electron chi connectivity index (χ1n) is 6.04. The van der Waals surface area contributed by atoms with Crippen molar-refractivity contribution in [1.82, 2.24) is 15.0 Å². The van der Waals surface area contributed by atoms with E-state index in [0.29, 0.717) is 11.4 Å². The van der Waals surface area contributed by atoms with E-state index in [1.54, 1.807) is 19.1 Å². The Morgan fingerprint density at radius 3 is 2.70 bits per heavy atom. The normalized spacial score (nSPS) is 11.8. The second-order valence-electron chi connectivity index (χ2n) is 4.29. The van der Waals surface area contributed by atoms with Gasteiger partial charge in [0.1, 0.15) is 6.04 Å². The van der Waals surface area contributed by atoms with Crippen molar-refractivity contribution in [2.75, 3.05) is 5.32 Å². The average Bonchev–Trinajstić information content (AvgIpc) is 2.86. The minimum atomic E-state index is -0.988. The Morgan fingerprint density at radius 1 is 1.35 bits per heavy atom. The summed E-state index contributed by atoms with van der Waals surface area (Å²) in [6.45, 7) is 1.66.